The third kappa shape index (κ3) is 4.39. The quantitative estimate of drug-likeness (QED) is 0.820. The van der Waals surface area contributed by atoms with Crippen molar-refractivity contribution in [1.29, 1.82) is 0 Å². The minimum absolute atomic E-state index is 0.0626. The molecule has 0 radical (unpaired) electrons. The summed E-state index contributed by atoms with van der Waals surface area (Å²) in [6.45, 7) is 6.55. The van der Waals surface area contributed by atoms with Crippen LogP contribution in [-0.2, 0) is 4.79 Å². The van der Waals surface area contributed by atoms with Gasteiger partial charge in [0.2, 0.25) is 5.91 Å². The molecule has 1 amide bonds. The molecule has 2 aromatic carbocycles. The number of hydrogen-bond donors (Lipinski definition) is 1. The molecule has 1 atom stereocenters. The number of piperidine rings is 1. The molecular weight excluding hydrogens is 346 g/mol. The predicted octanol–water partition coefficient (Wildman–Crippen LogP) is 4.70. The Labute approximate surface area is 168 Å². The zero-order chi connectivity index (χ0) is 19.3. The summed E-state index contributed by atoms with van der Waals surface area (Å²) in [5, 5.41) is 3.16. The molecule has 0 spiro atoms. The molecular formula is C24H31N3O. The Morgan fingerprint density at radius 3 is 2.21 bits per heavy atom. The molecule has 0 bridgehead atoms. The predicted molar refractivity (Wildman–Crippen MR) is 116 cm³/mol. The number of likely N-dealkylation sites (tertiary alicyclic amines) is 1. The van der Waals surface area contributed by atoms with E-state index in [0.29, 0.717) is 0 Å². The second-order valence-electron chi connectivity index (χ2n) is 8.26. The second kappa shape index (κ2) is 8.78. The van der Waals surface area contributed by atoms with E-state index in [1.54, 1.807) is 0 Å². The second-order valence-corrected chi connectivity index (χ2v) is 8.26. The smallest absolute Gasteiger partial charge is 0.246 e. The lowest BCUT2D eigenvalue weighted by molar-refractivity contribution is -0.121. The lowest BCUT2D eigenvalue weighted by Gasteiger charge is -2.32. The summed E-state index contributed by atoms with van der Waals surface area (Å²) in [7, 11) is 0. The highest BCUT2D eigenvalue weighted by Gasteiger charge is 2.29. The Kier molecular flexibility index (Phi) is 5.96. The van der Waals surface area contributed by atoms with E-state index in [-0.39, 0.29) is 11.9 Å². The van der Waals surface area contributed by atoms with Gasteiger partial charge in [-0.3, -0.25) is 9.69 Å². The van der Waals surface area contributed by atoms with Gasteiger partial charge in [0, 0.05) is 24.5 Å². The number of rotatable bonds is 5. The Morgan fingerprint density at radius 1 is 0.929 bits per heavy atom. The first-order chi connectivity index (χ1) is 13.7. The van der Waals surface area contributed by atoms with Gasteiger partial charge in [0.05, 0.1) is 0 Å². The summed E-state index contributed by atoms with van der Waals surface area (Å²) >= 11 is 0. The molecule has 4 nitrogen and oxygen atoms in total. The monoisotopic (exact) mass is 377 g/mol. The van der Waals surface area contributed by atoms with Crippen LogP contribution in [0.25, 0.3) is 0 Å². The van der Waals surface area contributed by atoms with Crippen LogP contribution in [0.15, 0.2) is 54.6 Å². The number of benzene rings is 2. The highest BCUT2D eigenvalue weighted by atomic mass is 16.2. The van der Waals surface area contributed by atoms with Crippen LogP contribution < -0.4 is 10.2 Å². The maximum Gasteiger partial charge on any atom is 0.246 e. The van der Waals surface area contributed by atoms with Crippen LogP contribution in [0.4, 0.5) is 11.4 Å². The molecule has 0 saturated carbocycles. The van der Waals surface area contributed by atoms with Crippen molar-refractivity contribution in [2.45, 2.75) is 38.6 Å². The fourth-order valence-corrected chi connectivity index (χ4v) is 4.40. The van der Waals surface area contributed by atoms with Crippen molar-refractivity contribution in [2.75, 3.05) is 36.4 Å². The van der Waals surface area contributed by atoms with Gasteiger partial charge >= 0.3 is 0 Å². The lowest BCUT2D eigenvalue weighted by Crippen LogP contribution is -2.35. The Morgan fingerprint density at radius 2 is 1.57 bits per heavy atom. The van der Waals surface area contributed by atoms with Crippen molar-refractivity contribution in [3.8, 4) is 0 Å². The summed E-state index contributed by atoms with van der Waals surface area (Å²) in [6, 6.07) is 18.3. The standard InChI is InChI=1S/C24H31N3O/c1-19-13-17-26(18-14-19)22-11-9-21(10-12-22)25-24(28)23(27-15-5-6-16-27)20-7-3-2-4-8-20/h2-4,7-12,19,23H,5-6,13-18H2,1H3,(H,25,28). The number of anilines is 2. The van der Waals surface area contributed by atoms with Crippen molar-refractivity contribution >= 4 is 17.3 Å². The van der Waals surface area contributed by atoms with E-state index in [4.69, 9.17) is 0 Å². The largest absolute Gasteiger partial charge is 0.372 e. The van der Waals surface area contributed by atoms with E-state index in [1.165, 1.54) is 31.4 Å². The summed E-state index contributed by atoms with van der Waals surface area (Å²) in [5.74, 6) is 0.892. The Bertz CT molecular complexity index is 760. The van der Waals surface area contributed by atoms with Gasteiger partial charge in [-0.05, 0) is 74.5 Å². The summed E-state index contributed by atoms with van der Waals surface area (Å²) in [6.07, 6.45) is 4.85. The highest BCUT2D eigenvalue weighted by molar-refractivity contribution is 5.95. The fraction of sp³-hybridized carbons (Fsp3) is 0.458. The van der Waals surface area contributed by atoms with E-state index in [1.807, 2.05) is 30.3 Å². The minimum atomic E-state index is -0.216. The average molecular weight is 378 g/mol. The molecule has 2 fully saturated rings. The molecule has 2 saturated heterocycles. The van der Waals surface area contributed by atoms with E-state index in [0.717, 1.165) is 43.3 Å². The molecule has 1 unspecified atom stereocenters. The SMILES string of the molecule is CC1CCN(c2ccc(NC(=O)C(c3ccccc3)N3CCCC3)cc2)CC1. The van der Waals surface area contributed by atoms with Crippen molar-refractivity contribution in [3.63, 3.8) is 0 Å². The van der Waals surface area contributed by atoms with Gasteiger partial charge < -0.3 is 10.2 Å². The summed E-state index contributed by atoms with van der Waals surface area (Å²) in [4.78, 5) is 17.9. The van der Waals surface area contributed by atoms with Gasteiger partial charge in [0.1, 0.15) is 6.04 Å². The summed E-state index contributed by atoms with van der Waals surface area (Å²) in [5.41, 5.74) is 3.20. The lowest BCUT2D eigenvalue weighted by atomic mass is 9.99. The third-order valence-corrected chi connectivity index (χ3v) is 6.15. The molecule has 2 heterocycles. The topological polar surface area (TPSA) is 35.6 Å². The van der Waals surface area contributed by atoms with Crippen LogP contribution in [0.5, 0.6) is 0 Å². The maximum atomic E-state index is 13.2. The van der Waals surface area contributed by atoms with E-state index >= 15 is 0 Å². The Hall–Kier alpha value is -2.33. The van der Waals surface area contributed by atoms with Gasteiger partial charge in [-0.15, -0.1) is 0 Å². The van der Waals surface area contributed by atoms with E-state index in [9.17, 15) is 4.79 Å². The van der Waals surface area contributed by atoms with Crippen molar-refractivity contribution in [1.82, 2.24) is 4.90 Å². The first-order valence-corrected chi connectivity index (χ1v) is 10.7. The van der Waals surface area contributed by atoms with Crippen LogP contribution in [0.3, 0.4) is 0 Å². The van der Waals surface area contributed by atoms with Crippen LogP contribution in [-0.4, -0.2) is 37.0 Å². The molecule has 0 aliphatic carbocycles. The molecule has 148 valence electrons. The molecule has 0 aromatic heterocycles. The molecule has 4 rings (SSSR count). The number of nitrogens with zero attached hydrogens (tertiary/aromatic N) is 2. The van der Waals surface area contributed by atoms with Crippen LogP contribution in [0.1, 0.15) is 44.2 Å². The molecule has 2 aromatic rings. The number of hydrogen-bond acceptors (Lipinski definition) is 3. The molecule has 2 aliphatic rings. The van der Waals surface area contributed by atoms with Crippen LogP contribution in [0, 0.1) is 5.92 Å². The number of carbonyl (C=O) groups is 1. The first kappa shape index (κ1) is 19.0. The van der Waals surface area contributed by atoms with Gasteiger partial charge in [-0.25, -0.2) is 0 Å². The van der Waals surface area contributed by atoms with Crippen LogP contribution in [0.2, 0.25) is 0 Å². The normalized spacial score (nSPS) is 19.5. The van der Waals surface area contributed by atoms with Gasteiger partial charge in [0.15, 0.2) is 0 Å². The maximum absolute atomic E-state index is 13.2. The molecule has 28 heavy (non-hydrogen) atoms. The number of nitrogens with one attached hydrogen (secondary N) is 1. The third-order valence-electron chi connectivity index (χ3n) is 6.15. The van der Waals surface area contributed by atoms with Crippen molar-refractivity contribution < 1.29 is 4.79 Å². The minimum Gasteiger partial charge on any atom is -0.372 e. The van der Waals surface area contributed by atoms with Gasteiger partial charge in [0.25, 0.3) is 0 Å². The summed E-state index contributed by atoms with van der Waals surface area (Å²) < 4.78 is 0. The zero-order valence-electron chi connectivity index (χ0n) is 16.8. The van der Waals surface area contributed by atoms with Gasteiger partial charge in [-0.2, -0.15) is 0 Å². The fourth-order valence-electron chi connectivity index (χ4n) is 4.40. The van der Waals surface area contributed by atoms with E-state index in [2.05, 4.69) is 46.3 Å². The zero-order valence-corrected chi connectivity index (χ0v) is 16.8. The Balaban J connectivity index is 1.45. The number of carbonyl (C=O) groups excluding carboxylic acids is 1. The first-order valence-electron chi connectivity index (χ1n) is 10.7. The average Bonchev–Trinajstić information content (AvgIpc) is 3.24. The highest BCUT2D eigenvalue weighted by Crippen LogP contribution is 2.28. The van der Waals surface area contributed by atoms with Crippen molar-refractivity contribution in [2.24, 2.45) is 5.92 Å². The van der Waals surface area contributed by atoms with E-state index < -0.39 is 0 Å². The van der Waals surface area contributed by atoms with Crippen LogP contribution >= 0.6 is 0 Å². The molecule has 4 heteroatoms. The molecule has 1 N–H and O–H groups in total. The number of amides is 1. The molecule has 2 aliphatic heterocycles. The van der Waals surface area contributed by atoms with Gasteiger partial charge in [-0.1, -0.05) is 37.3 Å². The van der Waals surface area contributed by atoms with Crippen molar-refractivity contribution in [3.05, 3.63) is 60.2 Å².